The molecule has 5 nitrogen and oxygen atoms in total. The number of anilines is 1. The van der Waals surface area contributed by atoms with Crippen LogP contribution in [0, 0.1) is 13.8 Å². The molecule has 0 amide bonds. The van der Waals surface area contributed by atoms with Crippen LogP contribution in [0.3, 0.4) is 0 Å². The zero-order valence-electron chi connectivity index (χ0n) is 16.1. The number of likely N-dealkylation sites (N-methyl/N-ethyl adjacent to an activating group) is 1. The largest absolute Gasteiger partial charge is 0.363 e. The minimum absolute atomic E-state index is 0.352. The summed E-state index contributed by atoms with van der Waals surface area (Å²) in [5, 5.41) is 8.18. The Kier molecular flexibility index (Phi) is 6.02. The molecular weight excluding hydrogens is 298 g/mol. The Morgan fingerprint density at radius 2 is 1.71 bits per heavy atom. The second-order valence-electron chi connectivity index (χ2n) is 6.93. The van der Waals surface area contributed by atoms with Crippen LogP contribution in [-0.2, 0) is 13.6 Å². The Hall–Kier alpha value is -1.85. The quantitative estimate of drug-likeness (QED) is 0.847. The summed E-state index contributed by atoms with van der Waals surface area (Å²) >= 11 is 0. The summed E-state index contributed by atoms with van der Waals surface area (Å²) < 4.78 is 1.95. The summed E-state index contributed by atoms with van der Waals surface area (Å²) in [7, 11) is 10.4. The van der Waals surface area contributed by atoms with E-state index in [9.17, 15) is 0 Å². The van der Waals surface area contributed by atoms with Crippen molar-refractivity contribution in [1.82, 2.24) is 20.0 Å². The minimum Gasteiger partial charge on any atom is -0.363 e. The van der Waals surface area contributed by atoms with E-state index in [1.54, 1.807) is 0 Å². The fourth-order valence-electron chi connectivity index (χ4n) is 3.18. The second-order valence-corrected chi connectivity index (χ2v) is 6.93. The van der Waals surface area contributed by atoms with Crippen molar-refractivity contribution in [2.75, 3.05) is 39.6 Å². The number of rotatable bonds is 7. The molecule has 1 atom stereocenters. The van der Waals surface area contributed by atoms with Crippen LogP contribution in [0.5, 0.6) is 0 Å². The predicted octanol–water partition coefficient (Wildman–Crippen LogP) is 2.50. The fraction of sp³-hybridized carbons (Fsp3) is 0.526. The Morgan fingerprint density at radius 3 is 2.25 bits per heavy atom. The van der Waals surface area contributed by atoms with E-state index in [1.807, 2.05) is 11.7 Å². The molecule has 0 saturated heterocycles. The topological polar surface area (TPSA) is 36.3 Å². The zero-order valence-corrected chi connectivity index (χ0v) is 16.1. The number of aromatic nitrogens is 2. The van der Waals surface area contributed by atoms with Gasteiger partial charge in [0.1, 0.15) is 5.82 Å². The van der Waals surface area contributed by atoms with E-state index in [1.165, 1.54) is 16.7 Å². The monoisotopic (exact) mass is 329 g/mol. The van der Waals surface area contributed by atoms with Crippen LogP contribution in [0.15, 0.2) is 24.3 Å². The van der Waals surface area contributed by atoms with Crippen molar-refractivity contribution in [2.45, 2.75) is 26.4 Å². The lowest BCUT2D eigenvalue weighted by atomic mass is 10.0. The van der Waals surface area contributed by atoms with Gasteiger partial charge in [-0.1, -0.05) is 29.8 Å². The highest BCUT2D eigenvalue weighted by molar-refractivity contribution is 5.48. The van der Waals surface area contributed by atoms with E-state index >= 15 is 0 Å². The van der Waals surface area contributed by atoms with Gasteiger partial charge in [-0.25, -0.2) is 0 Å². The summed E-state index contributed by atoms with van der Waals surface area (Å²) in [4.78, 5) is 4.39. The third-order valence-electron chi connectivity index (χ3n) is 4.46. The van der Waals surface area contributed by atoms with Gasteiger partial charge < -0.3 is 15.1 Å². The van der Waals surface area contributed by atoms with E-state index in [2.05, 4.69) is 86.5 Å². The number of nitrogens with one attached hydrogen (secondary N) is 1. The molecule has 0 saturated carbocycles. The van der Waals surface area contributed by atoms with Crippen molar-refractivity contribution in [1.29, 1.82) is 0 Å². The Bertz CT molecular complexity index is 655. The van der Waals surface area contributed by atoms with Crippen LogP contribution in [0.25, 0.3) is 0 Å². The third-order valence-corrected chi connectivity index (χ3v) is 4.46. The van der Waals surface area contributed by atoms with Crippen molar-refractivity contribution >= 4 is 5.82 Å². The molecule has 1 N–H and O–H groups in total. The van der Waals surface area contributed by atoms with Crippen LogP contribution < -0.4 is 10.2 Å². The highest BCUT2D eigenvalue weighted by Gasteiger charge is 2.17. The Labute approximate surface area is 146 Å². The number of nitrogens with zero attached hydrogens (tertiary/aromatic N) is 4. The molecule has 0 radical (unpaired) electrons. The molecule has 1 aromatic carbocycles. The maximum absolute atomic E-state index is 4.56. The molecule has 2 rings (SSSR count). The summed E-state index contributed by atoms with van der Waals surface area (Å²) in [6, 6.07) is 9.16. The molecule has 0 aliphatic heterocycles. The molecule has 0 spiro atoms. The van der Waals surface area contributed by atoms with Crippen molar-refractivity contribution in [3.8, 4) is 0 Å². The Morgan fingerprint density at radius 1 is 1.08 bits per heavy atom. The van der Waals surface area contributed by atoms with Crippen molar-refractivity contribution in [2.24, 2.45) is 7.05 Å². The third kappa shape index (κ3) is 4.16. The number of benzene rings is 1. The van der Waals surface area contributed by atoms with Gasteiger partial charge in [0.25, 0.3) is 0 Å². The smallest absolute Gasteiger partial charge is 0.130 e. The standard InChI is InChI=1S/C19H31N5/c1-14-8-10-16(11-9-14)18(22(3)4)13-20-12-17-15(2)21-24(7)19(17)23(5)6/h8-11,18,20H,12-13H2,1-7H3/t18-/m0/s1. The predicted molar refractivity (Wildman–Crippen MR) is 102 cm³/mol. The lowest BCUT2D eigenvalue weighted by Crippen LogP contribution is -2.31. The molecule has 132 valence electrons. The van der Waals surface area contributed by atoms with Crippen LogP contribution in [-0.4, -0.2) is 49.4 Å². The summed E-state index contributed by atoms with van der Waals surface area (Å²) in [5.41, 5.74) is 4.99. The molecule has 24 heavy (non-hydrogen) atoms. The van der Waals surface area contributed by atoms with Crippen molar-refractivity contribution in [3.05, 3.63) is 46.6 Å². The average Bonchev–Trinajstić information content (AvgIpc) is 2.78. The van der Waals surface area contributed by atoms with Crippen LogP contribution in [0.2, 0.25) is 0 Å². The Balaban J connectivity index is 2.08. The second kappa shape index (κ2) is 7.81. The molecule has 0 aliphatic rings. The molecule has 2 aromatic rings. The summed E-state index contributed by atoms with van der Waals surface area (Å²) in [6.45, 7) is 5.93. The zero-order chi connectivity index (χ0) is 17.9. The van der Waals surface area contributed by atoms with E-state index in [4.69, 9.17) is 0 Å². The summed E-state index contributed by atoms with van der Waals surface area (Å²) in [6.07, 6.45) is 0. The first-order valence-electron chi connectivity index (χ1n) is 8.44. The molecule has 0 fully saturated rings. The van der Waals surface area contributed by atoms with Crippen molar-refractivity contribution in [3.63, 3.8) is 0 Å². The van der Waals surface area contributed by atoms with Gasteiger partial charge in [0, 0.05) is 45.8 Å². The van der Waals surface area contributed by atoms with Gasteiger partial charge in [-0.05, 0) is 33.5 Å². The lowest BCUT2D eigenvalue weighted by molar-refractivity contribution is 0.288. The van der Waals surface area contributed by atoms with Gasteiger partial charge in [-0.3, -0.25) is 4.68 Å². The molecule has 0 aliphatic carbocycles. The number of hydrogen-bond acceptors (Lipinski definition) is 4. The van der Waals surface area contributed by atoms with E-state index in [0.29, 0.717) is 6.04 Å². The minimum atomic E-state index is 0.352. The SMILES string of the molecule is Cc1ccc([C@H](CNCc2c(C)nn(C)c2N(C)C)N(C)C)cc1. The molecule has 0 bridgehead atoms. The molecular formula is C19H31N5. The van der Waals surface area contributed by atoms with E-state index in [-0.39, 0.29) is 0 Å². The summed E-state index contributed by atoms with van der Waals surface area (Å²) in [5.74, 6) is 1.16. The van der Waals surface area contributed by atoms with Gasteiger partial charge in [-0.15, -0.1) is 0 Å². The number of aryl methyl sites for hydroxylation is 3. The van der Waals surface area contributed by atoms with Crippen molar-refractivity contribution < 1.29 is 0 Å². The van der Waals surface area contributed by atoms with Gasteiger partial charge in [0.2, 0.25) is 0 Å². The van der Waals surface area contributed by atoms with Crippen LogP contribution in [0.4, 0.5) is 5.82 Å². The first kappa shape index (κ1) is 18.5. The van der Waals surface area contributed by atoms with Crippen LogP contribution in [0.1, 0.15) is 28.4 Å². The molecule has 5 heteroatoms. The maximum Gasteiger partial charge on any atom is 0.130 e. The van der Waals surface area contributed by atoms with Crippen LogP contribution >= 0.6 is 0 Å². The average molecular weight is 329 g/mol. The normalized spacial score (nSPS) is 12.7. The van der Waals surface area contributed by atoms with E-state index < -0.39 is 0 Å². The van der Waals surface area contributed by atoms with Gasteiger partial charge in [0.15, 0.2) is 0 Å². The first-order chi connectivity index (χ1) is 11.3. The highest BCUT2D eigenvalue weighted by Crippen LogP contribution is 2.22. The number of hydrogen-bond donors (Lipinski definition) is 1. The highest BCUT2D eigenvalue weighted by atomic mass is 15.4. The maximum atomic E-state index is 4.56. The van der Waals surface area contributed by atoms with Gasteiger partial charge >= 0.3 is 0 Å². The molecule has 1 heterocycles. The van der Waals surface area contributed by atoms with E-state index in [0.717, 1.165) is 24.6 Å². The molecule has 0 unspecified atom stereocenters. The lowest BCUT2D eigenvalue weighted by Gasteiger charge is -2.25. The van der Waals surface area contributed by atoms with Gasteiger partial charge in [0.05, 0.1) is 5.69 Å². The fourth-order valence-corrected chi connectivity index (χ4v) is 3.18. The van der Waals surface area contributed by atoms with Gasteiger partial charge in [-0.2, -0.15) is 5.10 Å². The first-order valence-corrected chi connectivity index (χ1v) is 8.44. The molecule has 1 aromatic heterocycles.